The molecule has 0 fully saturated rings. The molecule has 1 aromatic carbocycles. The lowest BCUT2D eigenvalue weighted by Crippen LogP contribution is -2.33. The Hall–Kier alpha value is -2.85. The second-order valence-electron chi connectivity index (χ2n) is 6.65. The molecular formula is C24H26N2OS. The van der Waals surface area contributed by atoms with Gasteiger partial charge in [-0.3, -0.25) is 4.90 Å². The molecule has 4 heteroatoms. The Morgan fingerprint density at radius 3 is 2.64 bits per heavy atom. The van der Waals surface area contributed by atoms with Gasteiger partial charge in [0, 0.05) is 17.0 Å². The maximum atomic E-state index is 6.45. The number of hydrogen-bond donors (Lipinski definition) is 0. The normalized spacial score (nSPS) is 18.6. The zero-order valence-electron chi connectivity index (χ0n) is 16.9. The summed E-state index contributed by atoms with van der Waals surface area (Å²) in [4.78, 5) is 6.95. The number of hydrogen-bond acceptors (Lipinski definition) is 4. The van der Waals surface area contributed by atoms with Crippen molar-refractivity contribution in [2.75, 3.05) is 0 Å². The number of benzene rings is 1. The van der Waals surface area contributed by atoms with Crippen LogP contribution in [0.25, 0.3) is 10.2 Å². The summed E-state index contributed by atoms with van der Waals surface area (Å²) in [7, 11) is 0. The van der Waals surface area contributed by atoms with Crippen LogP contribution in [0, 0.1) is 0 Å². The van der Waals surface area contributed by atoms with Crippen molar-refractivity contribution in [2.45, 2.75) is 33.9 Å². The highest BCUT2D eigenvalue weighted by Gasteiger charge is 2.35. The van der Waals surface area contributed by atoms with Crippen LogP contribution in [-0.2, 0) is 4.74 Å². The first-order valence-electron chi connectivity index (χ1n) is 9.31. The predicted octanol–water partition coefficient (Wildman–Crippen LogP) is 7.03. The average molecular weight is 391 g/mol. The molecule has 28 heavy (non-hydrogen) atoms. The summed E-state index contributed by atoms with van der Waals surface area (Å²) in [5.74, 6) is 0.820. The van der Waals surface area contributed by atoms with Crippen LogP contribution < -0.4 is 0 Å². The van der Waals surface area contributed by atoms with Gasteiger partial charge in [0.2, 0.25) is 6.23 Å². The number of allylic oxidation sites excluding steroid dienone is 7. The van der Waals surface area contributed by atoms with Crippen molar-refractivity contribution in [2.24, 2.45) is 0 Å². The number of rotatable bonds is 5. The van der Waals surface area contributed by atoms with Gasteiger partial charge in [-0.25, -0.2) is 4.98 Å². The SMILES string of the molecule is C=C(C)/C(=C\C=C/C)N1C(=C)C(C)=C(/C=C\C)OC1c1nc2ccccc2s1. The second kappa shape index (κ2) is 8.44. The van der Waals surface area contributed by atoms with Crippen molar-refractivity contribution in [3.8, 4) is 0 Å². The average Bonchev–Trinajstić information content (AvgIpc) is 3.11. The highest BCUT2D eigenvalue weighted by Crippen LogP contribution is 2.43. The monoisotopic (exact) mass is 390 g/mol. The molecule has 144 valence electrons. The van der Waals surface area contributed by atoms with Gasteiger partial charge in [0.25, 0.3) is 0 Å². The van der Waals surface area contributed by atoms with Gasteiger partial charge in [-0.15, -0.1) is 11.3 Å². The minimum absolute atomic E-state index is 0.395. The zero-order valence-corrected chi connectivity index (χ0v) is 17.7. The summed E-state index contributed by atoms with van der Waals surface area (Å²) in [6, 6.07) is 8.15. The number of aromatic nitrogens is 1. The van der Waals surface area contributed by atoms with E-state index < -0.39 is 6.23 Å². The van der Waals surface area contributed by atoms with Gasteiger partial charge >= 0.3 is 0 Å². The Balaban J connectivity index is 2.19. The minimum atomic E-state index is -0.395. The lowest BCUT2D eigenvalue weighted by Gasteiger charge is -2.40. The van der Waals surface area contributed by atoms with Gasteiger partial charge in [-0.1, -0.05) is 43.5 Å². The number of fused-ring (bicyclic) bond motifs is 1. The van der Waals surface area contributed by atoms with Crippen LogP contribution in [0.5, 0.6) is 0 Å². The smallest absolute Gasteiger partial charge is 0.229 e. The van der Waals surface area contributed by atoms with E-state index in [2.05, 4.69) is 24.1 Å². The molecule has 1 atom stereocenters. The van der Waals surface area contributed by atoms with Crippen LogP contribution in [0.1, 0.15) is 38.9 Å². The number of ether oxygens (including phenoxy) is 1. The van der Waals surface area contributed by atoms with Gasteiger partial charge < -0.3 is 4.74 Å². The van der Waals surface area contributed by atoms with Crippen molar-refractivity contribution >= 4 is 21.6 Å². The van der Waals surface area contributed by atoms with Crippen LogP contribution in [0.15, 0.2) is 96.1 Å². The van der Waals surface area contributed by atoms with E-state index in [4.69, 9.17) is 9.72 Å². The minimum Gasteiger partial charge on any atom is -0.463 e. The molecule has 1 aromatic heterocycles. The molecule has 2 heterocycles. The fraction of sp³-hybridized carbons (Fsp3) is 0.208. The maximum Gasteiger partial charge on any atom is 0.229 e. The zero-order chi connectivity index (χ0) is 20.3. The molecular weight excluding hydrogens is 364 g/mol. The van der Waals surface area contributed by atoms with Gasteiger partial charge in [0.05, 0.1) is 10.2 Å². The van der Waals surface area contributed by atoms with Gasteiger partial charge in [-0.05, 0) is 57.6 Å². The molecule has 3 nitrogen and oxygen atoms in total. The summed E-state index contributed by atoms with van der Waals surface area (Å²) in [5, 5.41) is 0.893. The van der Waals surface area contributed by atoms with E-state index >= 15 is 0 Å². The Morgan fingerprint density at radius 1 is 1.25 bits per heavy atom. The topological polar surface area (TPSA) is 25.4 Å². The van der Waals surface area contributed by atoms with Crippen LogP contribution in [0.2, 0.25) is 0 Å². The molecule has 0 amide bonds. The van der Waals surface area contributed by atoms with E-state index in [1.165, 1.54) is 0 Å². The molecule has 1 unspecified atom stereocenters. The fourth-order valence-corrected chi connectivity index (χ4v) is 4.07. The van der Waals surface area contributed by atoms with Crippen LogP contribution in [0.3, 0.4) is 0 Å². The molecule has 1 aliphatic rings. The summed E-state index contributed by atoms with van der Waals surface area (Å²) in [6.07, 6.45) is 9.61. The van der Waals surface area contributed by atoms with Crippen molar-refractivity contribution in [1.29, 1.82) is 0 Å². The lowest BCUT2D eigenvalue weighted by molar-refractivity contribution is 0.00791. The standard InChI is InChI=1S/C24H26N2OS/c1-7-9-14-20(16(3)4)26-18(6)17(5)21(12-8-2)27-24(26)23-25-19-13-10-11-15-22(19)28-23/h7-15,24H,3,6H2,1-2,4-5H3/b9-7-,12-8-,20-14+. The highest BCUT2D eigenvalue weighted by atomic mass is 32.1. The first-order valence-corrected chi connectivity index (χ1v) is 10.1. The van der Waals surface area contributed by atoms with Crippen molar-refractivity contribution < 1.29 is 4.74 Å². The van der Waals surface area contributed by atoms with Crippen LogP contribution in [-0.4, -0.2) is 9.88 Å². The van der Waals surface area contributed by atoms with E-state index in [1.54, 1.807) is 11.3 Å². The molecule has 0 saturated carbocycles. The maximum absolute atomic E-state index is 6.45. The third-order valence-corrected chi connectivity index (χ3v) is 5.62. The fourth-order valence-electron chi connectivity index (χ4n) is 3.09. The van der Waals surface area contributed by atoms with Gasteiger partial charge in [0.15, 0.2) is 5.01 Å². The summed E-state index contributed by atoms with van der Waals surface area (Å²) >= 11 is 1.64. The van der Waals surface area contributed by atoms with Gasteiger partial charge in [0.1, 0.15) is 5.76 Å². The molecule has 0 bridgehead atoms. The lowest BCUT2D eigenvalue weighted by atomic mass is 10.1. The van der Waals surface area contributed by atoms with E-state index in [9.17, 15) is 0 Å². The molecule has 1 aliphatic heterocycles. The Bertz CT molecular complexity index is 1000. The number of nitrogens with zero attached hydrogens (tertiary/aromatic N) is 2. The first kappa shape index (κ1) is 19.9. The third-order valence-electron chi connectivity index (χ3n) is 4.55. The number of thiazole rings is 1. The largest absolute Gasteiger partial charge is 0.463 e. The third kappa shape index (κ3) is 3.73. The molecule has 3 rings (SSSR count). The van der Waals surface area contributed by atoms with E-state index in [-0.39, 0.29) is 0 Å². The van der Waals surface area contributed by atoms with Crippen molar-refractivity contribution in [1.82, 2.24) is 9.88 Å². The molecule has 0 N–H and O–H groups in total. The van der Waals surface area contributed by atoms with Crippen molar-refractivity contribution in [3.63, 3.8) is 0 Å². The highest BCUT2D eigenvalue weighted by molar-refractivity contribution is 7.18. The summed E-state index contributed by atoms with van der Waals surface area (Å²) < 4.78 is 7.59. The summed E-state index contributed by atoms with van der Waals surface area (Å²) in [5.41, 5.74) is 4.78. The van der Waals surface area contributed by atoms with Crippen LogP contribution >= 0.6 is 11.3 Å². The van der Waals surface area contributed by atoms with Crippen molar-refractivity contribution in [3.05, 3.63) is 101 Å². The Morgan fingerprint density at radius 2 is 2.00 bits per heavy atom. The Labute approximate surface area is 171 Å². The second-order valence-corrected chi connectivity index (χ2v) is 7.72. The molecule has 0 aliphatic carbocycles. The molecule has 0 saturated heterocycles. The molecule has 0 radical (unpaired) electrons. The van der Waals surface area contributed by atoms with E-state index in [0.717, 1.165) is 43.5 Å². The molecule has 0 spiro atoms. The van der Waals surface area contributed by atoms with Crippen LogP contribution in [0.4, 0.5) is 0 Å². The quantitative estimate of drug-likeness (QED) is 0.513. The van der Waals surface area contributed by atoms with Gasteiger partial charge in [-0.2, -0.15) is 0 Å². The predicted molar refractivity (Wildman–Crippen MR) is 120 cm³/mol. The van der Waals surface area contributed by atoms with E-state index in [0.29, 0.717) is 0 Å². The Kier molecular flexibility index (Phi) is 6.00. The first-order chi connectivity index (χ1) is 13.5. The van der Waals surface area contributed by atoms with E-state index in [1.807, 2.05) is 76.3 Å². The molecule has 2 aromatic rings. The number of para-hydroxylation sites is 1. The summed E-state index contributed by atoms with van der Waals surface area (Å²) in [6.45, 7) is 16.6.